The minimum atomic E-state index is -0.304. The Morgan fingerprint density at radius 2 is 2.44 bits per heavy atom. The predicted molar refractivity (Wildman–Crippen MR) is 67.2 cm³/mol. The van der Waals surface area contributed by atoms with E-state index in [2.05, 4.69) is 15.3 Å². The largest absolute Gasteiger partial charge is 0.368 e. The molecule has 1 aromatic heterocycles. The molecule has 2 rings (SSSR count). The third kappa shape index (κ3) is 3.16. The standard InChI is InChI=1S/C12H18N4O2/c1-16(2)11-5-6-13-10(15-11)8-14-12(17)9-4-3-7-18-9/h5-6,9H,3-4,7-8H2,1-2H3,(H,14,17). The molecule has 0 spiro atoms. The summed E-state index contributed by atoms with van der Waals surface area (Å²) in [7, 11) is 3.83. The van der Waals surface area contributed by atoms with Gasteiger partial charge >= 0.3 is 0 Å². The van der Waals surface area contributed by atoms with E-state index in [1.807, 2.05) is 25.1 Å². The highest BCUT2D eigenvalue weighted by Gasteiger charge is 2.23. The van der Waals surface area contributed by atoms with Gasteiger partial charge in [-0.25, -0.2) is 9.97 Å². The summed E-state index contributed by atoms with van der Waals surface area (Å²) in [4.78, 5) is 22.1. The number of nitrogens with zero attached hydrogens (tertiary/aromatic N) is 3. The molecule has 6 heteroatoms. The number of hydrogen-bond donors (Lipinski definition) is 1. The van der Waals surface area contributed by atoms with Crippen LogP contribution in [0.4, 0.5) is 5.82 Å². The van der Waals surface area contributed by atoms with Gasteiger partial charge in [-0.1, -0.05) is 0 Å². The Morgan fingerprint density at radius 3 is 3.11 bits per heavy atom. The molecule has 1 aliphatic heterocycles. The highest BCUT2D eigenvalue weighted by atomic mass is 16.5. The van der Waals surface area contributed by atoms with Crippen molar-refractivity contribution in [2.45, 2.75) is 25.5 Å². The van der Waals surface area contributed by atoms with Crippen molar-refractivity contribution in [3.63, 3.8) is 0 Å². The second-order valence-electron chi connectivity index (χ2n) is 4.44. The van der Waals surface area contributed by atoms with Gasteiger partial charge in [0.15, 0.2) is 0 Å². The Balaban J connectivity index is 1.89. The Kier molecular flexibility index (Phi) is 4.09. The van der Waals surface area contributed by atoms with E-state index in [0.29, 0.717) is 19.0 Å². The molecule has 98 valence electrons. The summed E-state index contributed by atoms with van der Waals surface area (Å²) in [6, 6.07) is 1.82. The SMILES string of the molecule is CN(C)c1ccnc(CNC(=O)C2CCCO2)n1. The van der Waals surface area contributed by atoms with Crippen molar-refractivity contribution in [2.75, 3.05) is 25.6 Å². The number of hydrogen-bond acceptors (Lipinski definition) is 5. The predicted octanol–water partition coefficient (Wildman–Crippen LogP) is 0.338. The number of carbonyl (C=O) groups excluding carboxylic acids is 1. The van der Waals surface area contributed by atoms with Gasteiger partial charge in [-0.05, 0) is 18.9 Å². The summed E-state index contributed by atoms with van der Waals surface area (Å²) >= 11 is 0. The quantitative estimate of drug-likeness (QED) is 0.834. The van der Waals surface area contributed by atoms with Crippen molar-refractivity contribution in [1.82, 2.24) is 15.3 Å². The normalized spacial score (nSPS) is 18.7. The summed E-state index contributed by atoms with van der Waals surface area (Å²) in [5.41, 5.74) is 0. The fraction of sp³-hybridized carbons (Fsp3) is 0.583. The molecule has 1 aliphatic rings. The zero-order chi connectivity index (χ0) is 13.0. The Labute approximate surface area is 106 Å². The molecule has 0 bridgehead atoms. The summed E-state index contributed by atoms with van der Waals surface area (Å²) in [6.07, 6.45) is 3.13. The van der Waals surface area contributed by atoms with Gasteiger partial charge < -0.3 is 15.0 Å². The van der Waals surface area contributed by atoms with E-state index in [-0.39, 0.29) is 12.0 Å². The van der Waals surface area contributed by atoms with Crippen LogP contribution in [0, 0.1) is 0 Å². The molecule has 1 unspecified atom stereocenters. The highest BCUT2D eigenvalue weighted by Crippen LogP contribution is 2.12. The van der Waals surface area contributed by atoms with Crippen LogP contribution in [-0.4, -0.2) is 42.7 Å². The lowest BCUT2D eigenvalue weighted by atomic mass is 10.2. The molecule has 1 atom stereocenters. The molecule has 18 heavy (non-hydrogen) atoms. The lowest BCUT2D eigenvalue weighted by Gasteiger charge is -2.13. The van der Waals surface area contributed by atoms with Crippen molar-refractivity contribution >= 4 is 11.7 Å². The van der Waals surface area contributed by atoms with Crippen LogP contribution in [0.25, 0.3) is 0 Å². The molecule has 1 amide bonds. The first kappa shape index (κ1) is 12.8. The molecule has 2 heterocycles. The third-order valence-corrected chi connectivity index (χ3v) is 2.79. The molecule has 0 saturated carbocycles. The second kappa shape index (κ2) is 5.77. The number of carbonyl (C=O) groups is 1. The van der Waals surface area contributed by atoms with Crippen molar-refractivity contribution in [3.05, 3.63) is 18.1 Å². The van der Waals surface area contributed by atoms with Gasteiger partial charge in [-0.15, -0.1) is 0 Å². The van der Waals surface area contributed by atoms with Crippen molar-refractivity contribution in [2.24, 2.45) is 0 Å². The van der Waals surface area contributed by atoms with E-state index < -0.39 is 0 Å². The van der Waals surface area contributed by atoms with Crippen molar-refractivity contribution < 1.29 is 9.53 Å². The highest BCUT2D eigenvalue weighted by molar-refractivity contribution is 5.80. The monoisotopic (exact) mass is 250 g/mol. The van der Waals surface area contributed by atoms with Crippen LogP contribution < -0.4 is 10.2 Å². The molecule has 6 nitrogen and oxygen atoms in total. The van der Waals surface area contributed by atoms with Gasteiger partial charge in [0.1, 0.15) is 17.7 Å². The topological polar surface area (TPSA) is 67.4 Å². The first-order valence-corrected chi connectivity index (χ1v) is 6.05. The van der Waals surface area contributed by atoms with E-state index >= 15 is 0 Å². The minimum Gasteiger partial charge on any atom is -0.368 e. The van der Waals surface area contributed by atoms with E-state index in [1.165, 1.54) is 0 Å². The molecule has 0 aromatic carbocycles. The van der Waals surface area contributed by atoms with Gasteiger partial charge in [-0.3, -0.25) is 4.79 Å². The number of amides is 1. The molecular weight excluding hydrogens is 232 g/mol. The number of aromatic nitrogens is 2. The maximum Gasteiger partial charge on any atom is 0.249 e. The van der Waals surface area contributed by atoms with E-state index in [0.717, 1.165) is 18.7 Å². The van der Waals surface area contributed by atoms with Gasteiger partial charge in [-0.2, -0.15) is 0 Å². The van der Waals surface area contributed by atoms with Crippen molar-refractivity contribution in [3.8, 4) is 0 Å². The summed E-state index contributed by atoms with van der Waals surface area (Å²) in [5, 5.41) is 2.80. The zero-order valence-electron chi connectivity index (χ0n) is 10.7. The van der Waals surface area contributed by atoms with Crippen LogP contribution in [-0.2, 0) is 16.1 Å². The first-order valence-electron chi connectivity index (χ1n) is 6.05. The maximum atomic E-state index is 11.7. The van der Waals surface area contributed by atoms with Crippen LogP contribution >= 0.6 is 0 Å². The second-order valence-corrected chi connectivity index (χ2v) is 4.44. The van der Waals surface area contributed by atoms with Gasteiger partial charge in [0.2, 0.25) is 5.91 Å². The van der Waals surface area contributed by atoms with Crippen LogP contribution in [0.5, 0.6) is 0 Å². The Hall–Kier alpha value is -1.69. The average molecular weight is 250 g/mol. The van der Waals surface area contributed by atoms with Crippen LogP contribution in [0.3, 0.4) is 0 Å². The fourth-order valence-corrected chi connectivity index (χ4v) is 1.79. The van der Waals surface area contributed by atoms with Crippen molar-refractivity contribution in [1.29, 1.82) is 0 Å². The van der Waals surface area contributed by atoms with Crippen LogP contribution in [0.1, 0.15) is 18.7 Å². The Bertz CT molecular complexity index is 416. The summed E-state index contributed by atoms with van der Waals surface area (Å²) in [5.74, 6) is 1.35. The molecule has 1 aromatic rings. The van der Waals surface area contributed by atoms with Gasteiger partial charge in [0, 0.05) is 26.9 Å². The molecule has 1 fully saturated rings. The van der Waals surface area contributed by atoms with E-state index in [4.69, 9.17) is 4.74 Å². The lowest BCUT2D eigenvalue weighted by molar-refractivity contribution is -0.130. The third-order valence-electron chi connectivity index (χ3n) is 2.79. The van der Waals surface area contributed by atoms with Gasteiger partial charge in [0.05, 0.1) is 6.54 Å². The minimum absolute atomic E-state index is 0.0774. The molecular formula is C12H18N4O2. The number of ether oxygens (including phenoxy) is 1. The van der Waals surface area contributed by atoms with Gasteiger partial charge in [0.25, 0.3) is 0 Å². The number of nitrogens with one attached hydrogen (secondary N) is 1. The summed E-state index contributed by atoms with van der Waals surface area (Å²) in [6.45, 7) is 1.01. The Morgan fingerprint density at radius 1 is 1.61 bits per heavy atom. The molecule has 0 radical (unpaired) electrons. The molecule has 1 N–H and O–H groups in total. The molecule has 1 saturated heterocycles. The van der Waals surface area contributed by atoms with Crippen LogP contribution in [0.2, 0.25) is 0 Å². The van der Waals surface area contributed by atoms with E-state index in [1.54, 1.807) is 6.20 Å². The number of rotatable bonds is 4. The van der Waals surface area contributed by atoms with E-state index in [9.17, 15) is 4.79 Å². The van der Waals surface area contributed by atoms with Crippen LogP contribution in [0.15, 0.2) is 12.3 Å². The lowest BCUT2D eigenvalue weighted by Crippen LogP contribution is -2.34. The number of anilines is 1. The average Bonchev–Trinajstić information content (AvgIpc) is 2.90. The zero-order valence-corrected chi connectivity index (χ0v) is 10.7. The first-order chi connectivity index (χ1) is 8.66. The summed E-state index contributed by atoms with van der Waals surface area (Å²) < 4.78 is 5.30. The maximum absolute atomic E-state index is 11.7. The fourth-order valence-electron chi connectivity index (χ4n) is 1.79. The molecule has 0 aliphatic carbocycles. The smallest absolute Gasteiger partial charge is 0.249 e.